The van der Waals surface area contributed by atoms with Gasteiger partial charge >= 0.3 is 22.6 Å². The summed E-state index contributed by atoms with van der Waals surface area (Å²) in [4.78, 5) is 0. The molecular weight excluding hydrogens is 327 g/mol. The molecule has 0 heterocycles. The molecule has 0 saturated carbocycles. The molecule has 0 saturated heterocycles. The van der Waals surface area contributed by atoms with Gasteiger partial charge in [0.25, 0.3) is 34.1 Å². The van der Waals surface area contributed by atoms with Gasteiger partial charge in [-0.3, -0.25) is 27.3 Å². The van der Waals surface area contributed by atoms with Crippen LogP contribution in [-0.4, -0.2) is 56.8 Å². The predicted molar refractivity (Wildman–Crippen MR) is 54.6 cm³/mol. The first-order valence-electron chi connectivity index (χ1n) is 2.17. The summed E-state index contributed by atoms with van der Waals surface area (Å²) < 4.78 is 68.5. The van der Waals surface area contributed by atoms with Gasteiger partial charge in [0.2, 0.25) is 0 Å². The van der Waals surface area contributed by atoms with Crippen molar-refractivity contribution in [2.45, 2.75) is 5.71 Å². The van der Waals surface area contributed by atoms with Crippen molar-refractivity contribution in [1.82, 2.24) is 0 Å². The van der Waals surface area contributed by atoms with Crippen molar-refractivity contribution in [3.05, 3.63) is 0 Å². The third-order valence-electron chi connectivity index (χ3n) is 0. The summed E-state index contributed by atoms with van der Waals surface area (Å²) in [6.07, 6.45) is 0. The summed E-state index contributed by atoms with van der Waals surface area (Å²) in [5.74, 6) is 0. The molecule has 1 atom stereocenters. The average molecular weight is 338 g/mol. The van der Waals surface area contributed by atoms with Crippen molar-refractivity contribution < 1.29 is 39.9 Å². The van der Waals surface area contributed by atoms with Gasteiger partial charge in [-0.15, -0.1) is 0 Å². The van der Waals surface area contributed by atoms with E-state index >= 15 is 0 Å². The van der Waals surface area contributed by atoms with Crippen LogP contribution in [0.1, 0.15) is 0 Å². The van der Waals surface area contributed by atoms with E-state index in [4.69, 9.17) is 39.9 Å². The standard InChI is InChI=1S/CH5As.3H2O3S/c1-2;3*1-4(2)3/h2H2,1H3;3*(H2,1,2,3). The molecule has 13 heteroatoms. The third kappa shape index (κ3) is 2990. The zero-order chi connectivity index (χ0) is 12.7. The van der Waals surface area contributed by atoms with Gasteiger partial charge in [-0.2, -0.15) is 12.6 Å². The molecule has 0 aromatic rings. The zero-order valence-corrected chi connectivity index (χ0v) is 11.6. The van der Waals surface area contributed by atoms with Gasteiger partial charge in [-0.05, 0) is 0 Å². The summed E-state index contributed by atoms with van der Waals surface area (Å²) in [5.41, 5.74) is 2.06. The Labute approximate surface area is 96.5 Å². The van der Waals surface area contributed by atoms with Crippen LogP contribution in [0.4, 0.5) is 0 Å². The largest absolute Gasteiger partial charge is 0.299 e. The van der Waals surface area contributed by atoms with Crippen LogP contribution >= 0.6 is 0 Å². The first-order valence-corrected chi connectivity index (χ1v) is 7.79. The topological polar surface area (TPSA) is 173 Å². The second-order valence-corrected chi connectivity index (χ2v) is 2.08. The molecule has 0 radical (unpaired) electrons. The van der Waals surface area contributed by atoms with Crippen LogP contribution in [-0.2, 0) is 34.1 Å². The minimum absolute atomic E-state index is 1.69. The van der Waals surface area contributed by atoms with Crippen molar-refractivity contribution in [2.24, 2.45) is 0 Å². The van der Waals surface area contributed by atoms with E-state index in [9.17, 15) is 0 Å². The number of hydrogen-bond acceptors (Lipinski definition) is 3. The molecular formula is CH11AsO9S3. The van der Waals surface area contributed by atoms with Gasteiger partial charge in [-0.25, -0.2) is 0 Å². The fraction of sp³-hybridized carbons (Fsp3) is 1.00. The maximum atomic E-state index is 8.67. The van der Waals surface area contributed by atoms with Crippen molar-refractivity contribution in [3.8, 4) is 0 Å². The second kappa shape index (κ2) is 23.5. The van der Waals surface area contributed by atoms with Gasteiger partial charge in [-0.1, -0.05) is 0 Å². The first kappa shape index (κ1) is 24.1. The smallest absolute Gasteiger partial charge is 0.284 e. The molecule has 14 heavy (non-hydrogen) atoms. The first-order chi connectivity index (χ1) is 6.20. The van der Waals surface area contributed by atoms with E-state index in [1.807, 2.05) is 0 Å². The Bertz CT molecular complexity index is 118. The molecule has 0 bridgehead atoms. The van der Waals surface area contributed by atoms with Crippen molar-refractivity contribution in [3.63, 3.8) is 0 Å². The fourth-order valence-corrected chi connectivity index (χ4v) is 0. The Balaban J connectivity index is -0.0000000492. The quantitative estimate of drug-likeness (QED) is 0.232. The Morgan fingerprint density at radius 3 is 0.643 bits per heavy atom. The monoisotopic (exact) mass is 338 g/mol. The number of hydrogen-bond donors (Lipinski definition) is 6. The molecule has 6 N–H and O–H groups in total. The maximum absolute atomic E-state index is 8.67. The normalized spacial score (nSPS) is 7.93. The van der Waals surface area contributed by atoms with Crippen molar-refractivity contribution >= 4 is 50.9 Å². The fourth-order valence-electron chi connectivity index (χ4n) is 0. The molecule has 0 aromatic heterocycles. The summed E-state index contributed by atoms with van der Waals surface area (Å²) >= 11 is -6.15. The van der Waals surface area contributed by atoms with E-state index in [1.54, 1.807) is 16.9 Å². The van der Waals surface area contributed by atoms with Crippen LogP contribution in [0.25, 0.3) is 0 Å². The Morgan fingerprint density at radius 2 is 0.643 bits per heavy atom. The van der Waals surface area contributed by atoms with Gasteiger partial charge in [0.1, 0.15) is 0 Å². The molecule has 92 valence electrons. The summed E-state index contributed by atoms with van der Waals surface area (Å²) in [6, 6.07) is 0. The predicted octanol–water partition coefficient (Wildman–Crippen LogP) is -1.29. The summed E-state index contributed by atoms with van der Waals surface area (Å²) in [6.45, 7) is 0. The Kier molecular flexibility index (Phi) is 40.6. The second-order valence-electron chi connectivity index (χ2n) is 0.692. The minimum Gasteiger partial charge on any atom is -0.284 e. The molecule has 0 aliphatic heterocycles. The summed E-state index contributed by atoms with van der Waals surface area (Å²) in [7, 11) is 0. The average Bonchev–Trinajstić information content (AvgIpc) is 1.86. The van der Waals surface area contributed by atoms with Crippen LogP contribution in [0.2, 0.25) is 5.71 Å². The maximum Gasteiger partial charge on any atom is 0.299 e. The Morgan fingerprint density at radius 1 is 0.643 bits per heavy atom. The molecule has 0 amide bonds. The van der Waals surface area contributed by atoms with E-state index in [1.165, 1.54) is 0 Å². The molecule has 0 aliphatic carbocycles. The van der Waals surface area contributed by atoms with Gasteiger partial charge in [0.05, 0.1) is 0 Å². The van der Waals surface area contributed by atoms with Crippen LogP contribution in [0, 0.1) is 0 Å². The third-order valence-corrected chi connectivity index (χ3v) is 0. The van der Waals surface area contributed by atoms with E-state index in [-0.39, 0.29) is 0 Å². The van der Waals surface area contributed by atoms with Crippen LogP contribution in [0.5, 0.6) is 0 Å². The van der Waals surface area contributed by atoms with E-state index in [2.05, 4.69) is 5.71 Å². The van der Waals surface area contributed by atoms with E-state index in [0.29, 0.717) is 0 Å². The zero-order valence-electron chi connectivity index (χ0n) is 6.71. The van der Waals surface area contributed by atoms with E-state index in [0.717, 1.165) is 0 Å². The molecule has 0 aliphatic rings. The molecule has 0 spiro atoms. The van der Waals surface area contributed by atoms with E-state index < -0.39 is 34.1 Å². The van der Waals surface area contributed by atoms with Gasteiger partial charge in [0, 0.05) is 0 Å². The number of rotatable bonds is 0. The molecule has 0 fully saturated rings. The summed E-state index contributed by atoms with van der Waals surface area (Å²) in [5, 5.41) is 0. The SMILES string of the molecule is C[AsH2].O=S(O)O.O=S(O)O.O=S(O)O. The van der Waals surface area contributed by atoms with Crippen molar-refractivity contribution in [1.29, 1.82) is 0 Å². The van der Waals surface area contributed by atoms with Gasteiger partial charge < -0.3 is 0 Å². The van der Waals surface area contributed by atoms with Crippen LogP contribution in [0.3, 0.4) is 0 Å². The molecule has 0 rings (SSSR count). The van der Waals surface area contributed by atoms with Crippen LogP contribution in [0.15, 0.2) is 0 Å². The van der Waals surface area contributed by atoms with Crippen LogP contribution < -0.4 is 0 Å². The minimum atomic E-state index is -2.61. The molecule has 0 aromatic carbocycles. The van der Waals surface area contributed by atoms with Gasteiger partial charge in [0.15, 0.2) is 0 Å². The molecule has 1 unspecified atom stereocenters. The molecule has 9 nitrogen and oxygen atoms in total. The van der Waals surface area contributed by atoms with Crippen molar-refractivity contribution in [2.75, 3.05) is 0 Å². The Hall–Kier alpha value is 0.768.